The summed E-state index contributed by atoms with van der Waals surface area (Å²) in [5.41, 5.74) is 0.688. The van der Waals surface area contributed by atoms with Crippen molar-refractivity contribution >= 4 is 29.1 Å². The zero-order valence-electron chi connectivity index (χ0n) is 12.2. The van der Waals surface area contributed by atoms with Crippen molar-refractivity contribution in [2.75, 3.05) is 18.9 Å². The average Bonchev–Trinajstić information content (AvgIpc) is 3.24. The molecule has 114 valence electrons. The molecule has 1 atom stereocenters. The molecule has 0 unspecified atom stereocenters. The maximum absolute atomic E-state index is 12.0. The van der Waals surface area contributed by atoms with Gasteiger partial charge in [-0.3, -0.25) is 14.5 Å². The minimum absolute atomic E-state index is 0.0284. The molecule has 1 fully saturated rings. The molecule has 0 spiro atoms. The van der Waals surface area contributed by atoms with Gasteiger partial charge in [-0.25, -0.2) is 0 Å². The van der Waals surface area contributed by atoms with Crippen LogP contribution in [-0.2, 0) is 9.59 Å². The number of nitrogens with one attached hydrogen (secondary N) is 2. The van der Waals surface area contributed by atoms with Gasteiger partial charge in [-0.1, -0.05) is 11.6 Å². The van der Waals surface area contributed by atoms with Gasteiger partial charge >= 0.3 is 0 Å². The van der Waals surface area contributed by atoms with Crippen molar-refractivity contribution in [1.82, 2.24) is 10.2 Å². The van der Waals surface area contributed by atoms with E-state index in [2.05, 4.69) is 10.6 Å². The van der Waals surface area contributed by atoms with E-state index in [4.69, 9.17) is 11.6 Å². The Labute approximate surface area is 129 Å². The van der Waals surface area contributed by atoms with E-state index >= 15 is 0 Å². The minimum atomic E-state index is -0.332. The molecule has 0 aromatic heterocycles. The number of nitrogens with zero attached hydrogens (tertiary/aromatic N) is 1. The molecule has 0 heterocycles. The number of rotatable bonds is 6. The van der Waals surface area contributed by atoms with Crippen LogP contribution in [0.5, 0.6) is 0 Å². The van der Waals surface area contributed by atoms with Gasteiger partial charge in [-0.15, -0.1) is 0 Å². The molecular formula is C15H20ClN3O2. The number of halogens is 1. The Bertz CT molecular complexity index is 514. The molecular weight excluding hydrogens is 290 g/mol. The minimum Gasteiger partial charge on any atom is -0.352 e. The lowest BCUT2D eigenvalue weighted by atomic mass is 10.2. The van der Waals surface area contributed by atoms with Gasteiger partial charge in [0.25, 0.3) is 0 Å². The molecule has 6 heteroatoms. The quantitative estimate of drug-likeness (QED) is 0.843. The number of amides is 2. The smallest absolute Gasteiger partial charge is 0.238 e. The van der Waals surface area contributed by atoms with Gasteiger partial charge in [0.2, 0.25) is 11.8 Å². The second-order valence-electron chi connectivity index (χ2n) is 5.43. The number of hydrogen-bond acceptors (Lipinski definition) is 3. The fraction of sp³-hybridized carbons (Fsp3) is 0.467. The highest BCUT2D eigenvalue weighted by molar-refractivity contribution is 6.30. The van der Waals surface area contributed by atoms with Crippen molar-refractivity contribution < 1.29 is 9.59 Å². The largest absolute Gasteiger partial charge is 0.352 e. The van der Waals surface area contributed by atoms with E-state index in [0.717, 1.165) is 12.8 Å². The third kappa shape index (κ3) is 5.02. The third-order valence-corrected chi connectivity index (χ3v) is 3.74. The number of likely N-dealkylation sites (N-methyl/N-ethyl adjacent to an activating group) is 1. The van der Waals surface area contributed by atoms with E-state index in [9.17, 15) is 9.59 Å². The molecule has 21 heavy (non-hydrogen) atoms. The van der Waals surface area contributed by atoms with Crippen LogP contribution in [0.15, 0.2) is 24.3 Å². The number of hydrogen-bond donors (Lipinski definition) is 2. The second-order valence-corrected chi connectivity index (χ2v) is 5.87. The Morgan fingerprint density at radius 1 is 1.33 bits per heavy atom. The standard InChI is InChI=1S/C15H20ClN3O2/c1-10(15(21)18-13-7-8-13)19(2)9-14(20)17-12-5-3-11(16)4-6-12/h3-6,10,13H,7-9H2,1-2H3,(H,17,20)(H,18,21)/t10-/m0/s1. The van der Waals surface area contributed by atoms with Crippen molar-refractivity contribution in [1.29, 1.82) is 0 Å². The summed E-state index contributed by atoms with van der Waals surface area (Å²) >= 11 is 5.79. The van der Waals surface area contributed by atoms with Crippen molar-refractivity contribution in [3.8, 4) is 0 Å². The molecule has 1 saturated carbocycles. The van der Waals surface area contributed by atoms with Crippen LogP contribution < -0.4 is 10.6 Å². The molecule has 0 radical (unpaired) electrons. The first kappa shape index (κ1) is 15.8. The highest BCUT2D eigenvalue weighted by Gasteiger charge is 2.27. The van der Waals surface area contributed by atoms with E-state index in [-0.39, 0.29) is 24.4 Å². The van der Waals surface area contributed by atoms with Gasteiger partial charge in [0.1, 0.15) is 0 Å². The monoisotopic (exact) mass is 309 g/mol. The van der Waals surface area contributed by atoms with E-state index in [0.29, 0.717) is 16.8 Å². The van der Waals surface area contributed by atoms with Crippen molar-refractivity contribution in [2.24, 2.45) is 0 Å². The first-order valence-electron chi connectivity index (χ1n) is 7.01. The fourth-order valence-corrected chi connectivity index (χ4v) is 1.97. The Balaban J connectivity index is 1.80. The number of anilines is 1. The summed E-state index contributed by atoms with van der Waals surface area (Å²) in [7, 11) is 1.76. The molecule has 1 aromatic carbocycles. The summed E-state index contributed by atoms with van der Waals surface area (Å²) in [5, 5.41) is 6.33. The summed E-state index contributed by atoms with van der Waals surface area (Å²) in [5.74, 6) is -0.190. The first-order valence-corrected chi connectivity index (χ1v) is 7.39. The van der Waals surface area contributed by atoms with Crippen LogP contribution in [-0.4, -0.2) is 42.4 Å². The number of carbonyl (C=O) groups excluding carboxylic acids is 2. The average molecular weight is 310 g/mol. The van der Waals surface area contributed by atoms with E-state index in [1.54, 1.807) is 43.1 Å². The van der Waals surface area contributed by atoms with Crippen molar-refractivity contribution in [3.63, 3.8) is 0 Å². The summed E-state index contributed by atoms with van der Waals surface area (Å²) in [6, 6.07) is 6.91. The molecule has 0 aliphatic heterocycles. The van der Waals surface area contributed by atoms with Gasteiger partial charge in [-0.2, -0.15) is 0 Å². The lowest BCUT2D eigenvalue weighted by molar-refractivity contribution is -0.126. The highest BCUT2D eigenvalue weighted by atomic mass is 35.5. The first-order chi connectivity index (χ1) is 9.95. The zero-order chi connectivity index (χ0) is 15.4. The molecule has 5 nitrogen and oxygen atoms in total. The Morgan fingerprint density at radius 2 is 1.95 bits per heavy atom. The SMILES string of the molecule is C[C@@H](C(=O)NC1CC1)N(C)CC(=O)Nc1ccc(Cl)cc1. The lowest BCUT2D eigenvalue weighted by Crippen LogP contribution is -2.46. The Morgan fingerprint density at radius 3 is 2.52 bits per heavy atom. The summed E-state index contributed by atoms with van der Waals surface area (Å²) in [6.07, 6.45) is 2.11. The third-order valence-electron chi connectivity index (χ3n) is 3.49. The predicted octanol–water partition coefficient (Wildman–Crippen LogP) is 1.88. The lowest BCUT2D eigenvalue weighted by Gasteiger charge is -2.23. The molecule has 2 N–H and O–H groups in total. The van der Waals surface area contributed by atoms with Crippen LogP contribution in [0.4, 0.5) is 5.69 Å². The molecule has 0 saturated heterocycles. The van der Waals surface area contributed by atoms with Crippen LogP contribution in [0.3, 0.4) is 0 Å². The Hall–Kier alpha value is -1.59. The normalized spacial score (nSPS) is 15.6. The Kier molecular flexibility index (Phi) is 5.20. The van der Waals surface area contributed by atoms with Crippen molar-refractivity contribution in [2.45, 2.75) is 31.8 Å². The van der Waals surface area contributed by atoms with Gasteiger partial charge in [-0.05, 0) is 51.1 Å². The highest BCUT2D eigenvalue weighted by Crippen LogP contribution is 2.19. The van der Waals surface area contributed by atoms with E-state index in [1.807, 2.05) is 0 Å². The fourth-order valence-electron chi connectivity index (χ4n) is 1.85. The molecule has 0 bridgehead atoms. The topological polar surface area (TPSA) is 61.4 Å². The summed E-state index contributed by atoms with van der Waals surface area (Å²) < 4.78 is 0. The maximum Gasteiger partial charge on any atom is 0.238 e. The van der Waals surface area contributed by atoms with Crippen LogP contribution in [0.1, 0.15) is 19.8 Å². The van der Waals surface area contributed by atoms with E-state index in [1.165, 1.54) is 0 Å². The number of benzene rings is 1. The van der Waals surface area contributed by atoms with Crippen molar-refractivity contribution in [3.05, 3.63) is 29.3 Å². The zero-order valence-corrected chi connectivity index (χ0v) is 13.0. The van der Waals surface area contributed by atoms with Gasteiger partial charge in [0.05, 0.1) is 12.6 Å². The van der Waals surface area contributed by atoms with Gasteiger partial charge in [0.15, 0.2) is 0 Å². The molecule has 1 aromatic rings. The van der Waals surface area contributed by atoms with Gasteiger partial charge < -0.3 is 10.6 Å². The molecule has 2 rings (SSSR count). The predicted molar refractivity (Wildman–Crippen MR) is 83.3 cm³/mol. The van der Waals surface area contributed by atoms with E-state index < -0.39 is 0 Å². The second kappa shape index (κ2) is 6.91. The van der Waals surface area contributed by atoms with Crippen LogP contribution in [0, 0.1) is 0 Å². The molecule has 2 amide bonds. The van der Waals surface area contributed by atoms with Crippen LogP contribution in [0.2, 0.25) is 5.02 Å². The van der Waals surface area contributed by atoms with Crippen LogP contribution in [0.25, 0.3) is 0 Å². The van der Waals surface area contributed by atoms with Gasteiger partial charge in [0, 0.05) is 16.8 Å². The number of carbonyl (C=O) groups is 2. The molecule has 1 aliphatic rings. The van der Waals surface area contributed by atoms with Crippen LogP contribution >= 0.6 is 11.6 Å². The summed E-state index contributed by atoms with van der Waals surface area (Å²) in [4.78, 5) is 25.6. The maximum atomic E-state index is 12.0. The summed E-state index contributed by atoms with van der Waals surface area (Å²) in [6.45, 7) is 1.95. The molecule has 1 aliphatic carbocycles.